The van der Waals surface area contributed by atoms with E-state index in [0.717, 1.165) is 42.4 Å². The van der Waals surface area contributed by atoms with E-state index in [1.165, 1.54) is 17.2 Å². The van der Waals surface area contributed by atoms with Gasteiger partial charge < -0.3 is 5.11 Å². The number of aliphatic hydroxyl groups excluding tert-OH is 1. The third-order valence-electron chi connectivity index (χ3n) is 7.00. The summed E-state index contributed by atoms with van der Waals surface area (Å²) in [6, 6.07) is 21.1. The minimum atomic E-state index is -0.450. The fraction of sp³-hybridized carbons (Fsp3) is 0.345. The number of nitrogens with zero attached hydrogens (tertiary/aromatic N) is 2. The molecule has 37 heavy (non-hydrogen) atoms. The van der Waals surface area contributed by atoms with Gasteiger partial charge in [-0.25, -0.2) is 5.06 Å². The molecule has 3 aromatic rings. The second kappa shape index (κ2) is 12.8. The molecule has 1 aliphatic rings. The van der Waals surface area contributed by atoms with Crippen molar-refractivity contribution in [1.82, 2.24) is 5.06 Å². The van der Waals surface area contributed by atoms with E-state index >= 15 is 0 Å². The second-order valence-electron chi connectivity index (χ2n) is 9.51. The number of hydrogen-bond donors (Lipinski definition) is 1. The summed E-state index contributed by atoms with van der Waals surface area (Å²) in [5.41, 5.74) is 3.13. The number of aliphatic hydroxyl groups is 1. The Balaban J connectivity index is 1.57. The van der Waals surface area contributed by atoms with Crippen LogP contribution in [0.5, 0.6) is 0 Å². The lowest BCUT2D eigenvalue weighted by Gasteiger charge is -2.32. The van der Waals surface area contributed by atoms with E-state index in [-0.39, 0.29) is 36.6 Å². The lowest BCUT2D eigenvalue weighted by Crippen LogP contribution is -2.35. The molecule has 3 aromatic carbocycles. The summed E-state index contributed by atoms with van der Waals surface area (Å²) in [6.07, 6.45) is 4.61. The van der Waals surface area contributed by atoms with Crippen LogP contribution in [0.2, 0.25) is 5.02 Å². The maximum atomic E-state index is 13.8. The monoisotopic (exact) mass is 522 g/mol. The number of non-ortho nitro benzene ring substituents is 1. The van der Waals surface area contributed by atoms with Crippen molar-refractivity contribution < 1.29 is 19.7 Å². The highest BCUT2D eigenvalue weighted by atomic mass is 35.5. The number of hydrogen-bond acceptors (Lipinski definition) is 5. The Kier molecular flexibility index (Phi) is 9.28. The lowest BCUT2D eigenvalue weighted by atomic mass is 9.80. The summed E-state index contributed by atoms with van der Waals surface area (Å²) >= 11 is 6.03. The number of amides is 1. The molecule has 1 fully saturated rings. The molecule has 2 atom stereocenters. The van der Waals surface area contributed by atoms with E-state index in [2.05, 4.69) is 0 Å². The Morgan fingerprint density at radius 3 is 2.30 bits per heavy atom. The lowest BCUT2D eigenvalue weighted by molar-refractivity contribution is -0.384. The quantitative estimate of drug-likeness (QED) is 0.252. The van der Waals surface area contributed by atoms with Gasteiger partial charge in [0.1, 0.15) is 0 Å². The van der Waals surface area contributed by atoms with Crippen molar-refractivity contribution in [3.63, 3.8) is 0 Å². The molecule has 1 amide bonds. The Hall–Kier alpha value is -3.26. The van der Waals surface area contributed by atoms with Gasteiger partial charge in [0.05, 0.1) is 18.1 Å². The maximum Gasteiger partial charge on any atom is 0.278 e. The van der Waals surface area contributed by atoms with Gasteiger partial charge in [-0.1, -0.05) is 66.9 Å². The Morgan fingerprint density at radius 1 is 0.973 bits per heavy atom. The fourth-order valence-electron chi connectivity index (χ4n) is 4.83. The Labute approximate surface area is 221 Å². The van der Waals surface area contributed by atoms with E-state index in [1.54, 1.807) is 18.2 Å². The highest BCUT2D eigenvalue weighted by Crippen LogP contribution is 2.30. The molecule has 0 unspecified atom stereocenters. The first kappa shape index (κ1) is 26.8. The van der Waals surface area contributed by atoms with Crippen molar-refractivity contribution in [1.29, 1.82) is 0 Å². The van der Waals surface area contributed by atoms with E-state index in [9.17, 15) is 20.0 Å². The largest absolute Gasteiger partial charge is 0.396 e. The molecular formula is C29H31ClN2O5. The topological polar surface area (TPSA) is 92.9 Å². The molecule has 4 rings (SSSR count). The smallest absolute Gasteiger partial charge is 0.278 e. The first-order valence-corrected chi connectivity index (χ1v) is 12.9. The van der Waals surface area contributed by atoms with Gasteiger partial charge in [0, 0.05) is 29.3 Å². The first-order chi connectivity index (χ1) is 17.9. The molecule has 0 saturated heterocycles. The number of carbonyl (C=O) groups excluding carboxylic acids is 1. The molecule has 8 heteroatoms. The van der Waals surface area contributed by atoms with E-state index in [1.807, 2.05) is 42.5 Å². The summed E-state index contributed by atoms with van der Waals surface area (Å²) in [5, 5.41) is 22.9. The van der Waals surface area contributed by atoms with Crippen molar-refractivity contribution in [2.24, 2.45) is 11.8 Å². The molecule has 1 aliphatic carbocycles. The van der Waals surface area contributed by atoms with Gasteiger partial charge in [0.25, 0.3) is 11.6 Å². The average molecular weight is 523 g/mol. The molecule has 0 heterocycles. The van der Waals surface area contributed by atoms with Gasteiger partial charge in [-0.3, -0.25) is 19.7 Å². The van der Waals surface area contributed by atoms with Crippen LogP contribution >= 0.6 is 11.6 Å². The van der Waals surface area contributed by atoms with Gasteiger partial charge in [-0.05, 0) is 66.0 Å². The second-order valence-corrected chi connectivity index (χ2v) is 9.95. The summed E-state index contributed by atoms with van der Waals surface area (Å²) in [4.78, 5) is 30.6. The van der Waals surface area contributed by atoms with Crippen molar-refractivity contribution >= 4 is 23.2 Å². The van der Waals surface area contributed by atoms with Crippen LogP contribution in [0.1, 0.15) is 52.7 Å². The number of rotatable bonds is 10. The van der Waals surface area contributed by atoms with Gasteiger partial charge >= 0.3 is 0 Å². The van der Waals surface area contributed by atoms with E-state index < -0.39 is 4.92 Å². The van der Waals surface area contributed by atoms with Crippen LogP contribution in [-0.2, 0) is 17.8 Å². The number of nitro benzene ring substituents is 1. The molecular weight excluding hydrogens is 492 g/mol. The first-order valence-electron chi connectivity index (χ1n) is 12.6. The average Bonchev–Trinajstić information content (AvgIpc) is 2.92. The zero-order valence-electron chi connectivity index (χ0n) is 20.6. The maximum absolute atomic E-state index is 13.8. The van der Waals surface area contributed by atoms with Crippen LogP contribution in [0.15, 0.2) is 72.8 Å². The predicted molar refractivity (Wildman–Crippen MR) is 142 cm³/mol. The van der Waals surface area contributed by atoms with Gasteiger partial charge in [0.2, 0.25) is 0 Å². The number of carbonyl (C=O) groups is 1. The zero-order valence-corrected chi connectivity index (χ0v) is 21.3. The van der Waals surface area contributed by atoms with Crippen molar-refractivity contribution in [2.75, 3.05) is 13.2 Å². The summed E-state index contributed by atoms with van der Waals surface area (Å²) in [6.45, 7) is 0.570. The summed E-state index contributed by atoms with van der Waals surface area (Å²) in [5.74, 6) is 0.0387. The minimum Gasteiger partial charge on any atom is -0.396 e. The van der Waals surface area contributed by atoms with Crippen LogP contribution in [0.4, 0.5) is 5.69 Å². The Bertz CT molecular complexity index is 1200. The van der Waals surface area contributed by atoms with Crippen LogP contribution in [0.25, 0.3) is 0 Å². The van der Waals surface area contributed by atoms with E-state index in [0.29, 0.717) is 23.6 Å². The summed E-state index contributed by atoms with van der Waals surface area (Å²) in [7, 11) is 0. The molecule has 1 saturated carbocycles. The predicted octanol–water partition coefficient (Wildman–Crippen LogP) is 6.21. The SMILES string of the molecule is O=C(c1ccccc1Cc1ccc(Cl)cc1)N(Cc1ccc([N+](=O)[O-])cc1)OC[C@@H]1CCCC[C@@H]1CO. The van der Waals surface area contributed by atoms with Gasteiger partial charge in [0.15, 0.2) is 0 Å². The van der Waals surface area contributed by atoms with Crippen molar-refractivity contribution in [3.05, 3.63) is 110 Å². The minimum absolute atomic E-state index is 0.0103. The summed E-state index contributed by atoms with van der Waals surface area (Å²) < 4.78 is 0. The van der Waals surface area contributed by atoms with Gasteiger partial charge in [-0.2, -0.15) is 0 Å². The Morgan fingerprint density at radius 2 is 1.62 bits per heavy atom. The molecule has 0 aromatic heterocycles. The molecule has 0 radical (unpaired) electrons. The number of benzene rings is 3. The third kappa shape index (κ3) is 7.16. The van der Waals surface area contributed by atoms with Gasteiger partial charge in [-0.15, -0.1) is 0 Å². The number of halogens is 1. The molecule has 0 aliphatic heterocycles. The van der Waals surface area contributed by atoms with Crippen molar-refractivity contribution in [2.45, 2.75) is 38.6 Å². The molecule has 194 valence electrons. The fourth-order valence-corrected chi connectivity index (χ4v) is 4.96. The number of nitro groups is 1. The van der Waals surface area contributed by atoms with Crippen LogP contribution in [0.3, 0.4) is 0 Å². The normalized spacial score (nSPS) is 17.4. The molecule has 1 N–H and O–H groups in total. The van der Waals surface area contributed by atoms with E-state index in [4.69, 9.17) is 16.4 Å². The standard InChI is InChI=1S/C29H31ClN2O5/c30-26-13-9-21(10-14-26)17-23-5-3-4-8-28(23)29(34)31(18-22-11-15-27(16-12-22)32(35)36)37-20-25-7-2-1-6-24(25)19-33/h3-5,8-16,24-25,33H,1-2,6-7,17-20H2/t24-,25+/m1/s1. The van der Waals surface area contributed by atoms with Crippen LogP contribution < -0.4 is 0 Å². The van der Waals surface area contributed by atoms with Crippen LogP contribution in [0, 0.1) is 22.0 Å². The molecule has 7 nitrogen and oxygen atoms in total. The third-order valence-corrected chi connectivity index (χ3v) is 7.25. The molecule has 0 bridgehead atoms. The highest BCUT2D eigenvalue weighted by molar-refractivity contribution is 6.30. The number of hydroxylamine groups is 2. The molecule has 0 spiro atoms. The highest BCUT2D eigenvalue weighted by Gasteiger charge is 2.27. The van der Waals surface area contributed by atoms with Crippen LogP contribution in [-0.4, -0.2) is 34.2 Å². The van der Waals surface area contributed by atoms with Crippen molar-refractivity contribution in [3.8, 4) is 0 Å². The zero-order chi connectivity index (χ0) is 26.2.